The van der Waals surface area contributed by atoms with Crippen molar-refractivity contribution in [1.82, 2.24) is 9.78 Å². The molecule has 0 aliphatic rings. The van der Waals surface area contributed by atoms with Crippen LogP contribution in [0.1, 0.15) is 31.0 Å². The Balaban J connectivity index is 2.28. The summed E-state index contributed by atoms with van der Waals surface area (Å²) in [6.45, 7) is 3.87. The van der Waals surface area contributed by atoms with E-state index in [-0.39, 0.29) is 5.92 Å². The largest absolute Gasteiger partial charge is 0.402 e. The standard InChI is InChI=1S/C18H23N5OS/c1-12(19)4-7-18(20)23-9-8-15(22-23)13(2)14-5-6-16(21-3)17(10-14)25-11-24/h4-11,13,21H,19-20H2,1-3H3/b12-4-,18-7+. The molecule has 1 atom stereocenters. The lowest BCUT2D eigenvalue weighted by Gasteiger charge is -2.13. The van der Waals surface area contributed by atoms with Crippen LogP contribution in [-0.2, 0) is 4.79 Å². The van der Waals surface area contributed by atoms with Gasteiger partial charge in [-0.15, -0.1) is 0 Å². The highest BCUT2D eigenvalue weighted by atomic mass is 32.2. The van der Waals surface area contributed by atoms with E-state index in [1.54, 1.807) is 23.8 Å². The topological polar surface area (TPSA) is 99.0 Å². The lowest BCUT2D eigenvalue weighted by molar-refractivity contribution is 0.570. The lowest BCUT2D eigenvalue weighted by atomic mass is 9.98. The van der Waals surface area contributed by atoms with Gasteiger partial charge in [0, 0.05) is 35.4 Å². The summed E-state index contributed by atoms with van der Waals surface area (Å²) >= 11 is 1.16. The van der Waals surface area contributed by atoms with Crippen LogP contribution in [0.3, 0.4) is 0 Å². The minimum atomic E-state index is 0.0674. The fraction of sp³-hybridized carbons (Fsp3) is 0.222. The number of nitrogens with one attached hydrogen (secondary N) is 1. The van der Waals surface area contributed by atoms with E-state index in [0.29, 0.717) is 11.5 Å². The molecular weight excluding hydrogens is 334 g/mol. The van der Waals surface area contributed by atoms with E-state index in [1.807, 2.05) is 37.5 Å². The van der Waals surface area contributed by atoms with Crippen LogP contribution in [0, 0.1) is 0 Å². The van der Waals surface area contributed by atoms with Gasteiger partial charge in [0.2, 0.25) is 0 Å². The van der Waals surface area contributed by atoms with Crippen LogP contribution in [0.5, 0.6) is 0 Å². The van der Waals surface area contributed by atoms with Crippen LogP contribution in [-0.4, -0.2) is 22.4 Å². The van der Waals surface area contributed by atoms with Gasteiger partial charge in [0.25, 0.3) is 0 Å². The number of allylic oxidation sites excluding steroid dienone is 3. The molecule has 6 nitrogen and oxygen atoms in total. The summed E-state index contributed by atoms with van der Waals surface area (Å²) in [5.74, 6) is 0.559. The number of anilines is 1. The Morgan fingerprint density at radius 2 is 2.08 bits per heavy atom. The van der Waals surface area contributed by atoms with Gasteiger partial charge in [-0.3, -0.25) is 4.79 Å². The SMILES string of the molecule is CNc1ccc(C(C)c2ccn(/C(N)=C/C=C(/C)N)n2)cc1SC=O. The quantitative estimate of drug-likeness (QED) is 0.400. The van der Waals surface area contributed by atoms with Gasteiger partial charge in [-0.25, -0.2) is 4.68 Å². The summed E-state index contributed by atoms with van der Waals surface area (Å²) < 4.78 is 1.62. The number of nitrogens with zero attached hydrogens (tertiary/aromatic N) is 2. The molecule has 0 fully saturated rings. The molecule has 25 heavy (non-hydrogen) atoms. The number of rotatable bonds is 7. The highest BCUT2D eigenvalue weighted by Gasteiger charge is 2.14. The molecule has 5 N–H and O–H groups in total. The molecule has 1 aromatic heterocycles. The van der Waals surface area contributed by atoms with Crippen LogP contribution in [0.15, 0.2) is 53.2 Å². The van der Waals surface area contributed by atoms with Crippen LogP contribution < -0.4 is 16.8 Å². The Morgan fingerprint density at radius 3 is 2.72 bits per heavy atom. The molecule has 0 radical (unpaired) electrons. The van der Waals surface area contributed by atoms with E-state index in [4.69, 9.17) is 11.5 Å². The molecule has 0 aliphatic heterocycles. The van der Waals surface area contributed by atoms with E-state index in [1.165, 1.54) is 0 Å². The van der Waals surface area contributed by atoms with Crippen LogP contribution in [0.4, 0.5) is 5.69 Å². The van der Waals surface area contributed by atoms with Gasteiger partial charge in [-0.2, -0.15) is 5.10 Å². The number of thioether (sulfide) groups is 1. The monoisotopic (exact) mass is 357 g/mol. The van der Waals surface area contributed by atoms with Crippen molar-refractivity contribution in [2.24, 2.45) is 11.5 Å². The third-order valence-electron chi connectivity index (χ3n) is 3.78. The first-order valence-corrected chi connectivity index (χ1v) is 8.71. The number of nitrogens with two attached hydrogens (primary N) is 2. The average molecular weight is 357 g/mol. The summed E-state index contributed by atoms with van der Waals surface area (Å²) in [5, 5.41) is 7.63. The Hall–Kier alpha value is -2.67. The van der Waals surface area contributed by atoms with Gasteiger partial charge in [0.1, 0.15) is 5.82 Å². The second-order valence-electron chi connectivity index (χ2n) is 5.63. The molecule has 2 aromatic rings. The molecule has 7 heteroatoms. The van der Waals surface area contributed by atoms with E-state index in [2.05, 4.69) is 17.3 Å². The summed E-state index contributed by atoms with van der Waals surface area (Å²) in [6.07, 6.45) is 5.28. The summed E-state index contributed by atoms with van der Waals surface area (Å²) in [6, 6.07) is 7.94. The first-order chi connectivity index (χ1) is 12.0. The molecule has 0 amide bonds. The third-order valence-corrected chi connectivity index (χ3v) is 4.47. The number of hydrogen-bond donors (Lipinski definition) is 3. The first-order valence-electron chi connectivity index (χ1n) is 7.83. The second-order valence-corrected chi connectivity index (χ2v) is 6.50. The minimum Gasteiger partial charge on any atom is -0.402 e. The van der Waals surface area contributed by atoms with Crippen molar-refractivity contribution in [3.05, 3.63) is 59.6 Å². The van der Waals surface area contributed by atoms with Crippen molar-refractivity contribution in [2.45, 2.75) is 24.7 Å². The Morgan fingerprint density at radius 1 is 1.32 bits per heavy atom. The molecule has 0 spiro atoms. The third kappa shape index (κ3) is 4.67. The predicted molar refractivity (Wildman–Crippen MR) is 105 cm³/mol. The first kappa shape index (κ1) is 18.7. The molecule has 0 saturated carbocycles. The molecule has 1 aromatic carbocycles. The lowest BCUT2D eigenvalue weighted by Crippen LogP contribution is -2.08. The van der Waals surface area contributed by atoms with Gasteiger partial charge < -0.3 is 16.8 Å². The molecule has 132 valence electrons. The Bertz CT molecular complexity index is 806. The van der Waals surface area contributed by atoms with E-state index >= 15 is 0 Å². The van der Waals surface area contributed by atoms with Crippen LogP contribution in [0.2, 0.25) is 0 Å². The van der Waals surface area contributed by atoms with Crippen molar-refractivity contribution in [1.29, 1.82) is 0 Å². The zero-order valence-corrected chi connectivity index (χ0v) is 15.4. The molecule has 0 saturated heterocycles. The fourth-order valence-corrected chi connectivity index (χ4v) is 2.95. The molecule has 0 bridgehead atoms. The molecule has 0 aliphatic carbocycles. The molecule has 1 unspecified atom stereocenters. The normalized spacial score (nSPS) is 13.6. The number of carbonyl (C=O) groups excluding carboxylic acids is 1. The van der Waals surface area contributed by atoms with Gasteiger partial charge in [-0.1, -0.05) is 24.8 Å². The van der Waals surface area contributed by atoms with Gasteiger partial charge >= 0.3 is 0 Å². The van der Waals surface area contributed by atoms with E-state index in [9.17, 15) is 4.79 Å². The predicted octanol–water partition coefficient (Wildman–Crippen LogP) is 2.98. The van der Waals surface area contributed by atoms with Crippen molar-refractivity contribution in [3.8, 4) is 0 Å². The number of carbonyl (C=O) groups is 1. The summed E-state index contributed by atoms with van der Waals surface area (Å²) in [5.41, 5.74) is 16.0. The number of aromatic nitrogens is 2. The zero-order valence-electron chi connectivity index (χ0n) is 14.6. The van der Waals surface area contributed by atoms with E-state index < -0.39 is 0 Å². The highest BCUT2D eigenvalue weighted by molar-refractivity contribution is 8.12. The van der Waals surface area contributed by atoms with Crippen LogP contribution in [0.25, 0.3) is 5.82 Å². The smallest absolute Gasteiger partial charge is 0.181 e. The second kappa shape index (κ2) is 8.43. The number of benzene rings is 1. The maximum Gasteiger partial charge on any atom is 0.181 e. The average Bonchev–Trinajstić information content (AvgIpc) is 3.09. The van der Waals surface area contributed by atoms with E-state index in [0.717, 1.165) is 39.2 Å². The molecule has 2 rings (SSSR count). The highest BCUT2D eigenvalue weighted by Crippen LogP contribution is 2.31. The summed E-state index contributed by atoms with van der Waals surface area (Å²) in [4.78, 5) is 11.8. The van der Waals surface area contributed by atoms with Gasteiger partial charge in [0.15, 0.2) is 5.62 Å². The Labute approximate surface area is 152 Å². The van der Waals surface area contributed by atoms with Gasteiger partial charge in [-0.05, 0) is 42.8 Å². The molecule has 1 heterocycles. The maximum atomic E-state index is 10.9. The van der Waals surface area contributed by atoms with Crippen molar-refractivity contribution in [2.75, 3.05) is 12.4 Å². The Kier molecular flexibility index (Phi) is 6.30. The number of hydrogen-bond acceptors (Lipinski definition) is 6. The maximum absolute atomic E-state index is 10.9. The van der Waals surface area contributed by atoms with Gasteiger partial charge in [0.05, 0.1) is 5.69 Å². The van der Waals surface area contributed by atoms with Crippen molar-refractivity contribution < 1.29 is 4.79 Å². The fourth-order valence-electron chi connectivity index (χ4n) is 2.34. The molecular formula is C18H23N5OS. The van der Waals surface area contributed by atoms with Crippen molar-refractivity contribution in [3.63, 3.8) is 0 Å². The van der Waals surface area contributed by atoms with Crippen molar-refractivity contribution >= 4 is 28.9 Å². The van der Waals surface area contributed by atoms with Crippen LogP contribution >= 0.6 is 11.8 Å². The minimum absolute atomic E-state index is 0.0674. The zero-order chi connectivity index (χ0) is 18.4. The summed E-state index contributed by atoms with van der Waals surface area (Å²) in [7, 11) is 1.83.